The molecular formula is C14H18BrFN2O3. The highest BCUT2D eigenvalue weighted by Crippen LogP contribution is 2.15. The first-order chi connectivity index (χ1) is 9.69. The standard InChI is InChI=1S/C14H18BrFN2O3/c1-14(2,3)21-13(20)18-7-6-17-12(19)10-5-4-9(15)8-11(10)16/h4-5,8H,6-7H2,1-3H3,(H,17,19)(H,18,20). The molecule has 116 valence electrons. The molecule has 1 rings (SSSR count). The zero-order chi connectivity index (χ0) is 16.0. The van der Waals surface area contributed by atoms with E-state index in [0.29, 0.717) is 4.47 Å². The first-order valence-corrected chi connectivity index (χ1v) is 7.18. The maximum Gasteiger partial charge on any atom is 0.407 e. The fourth-order valence-corrected chi connectivity index (χ4v) is 1.76. The summed E-state index contributed by atoms with van der Waals surface area (Å²) in [5.41, 5.74) is -0.621. The van der Waals surface area contributed by atoms with Crippen molar-refractivity contribution in [1.82, 2.24) is 10.6 Å². The maximum absolute atomic E-state index is 13.5. The molecule has 0 saturated carbocycles. The molecule has 2 N–H and O–H groups in total. The molecular weight excluding hydrogens is 343 g/mol. The van der Waals surface area contributed by atoms with E-state index in [1.165, 1.54) is 12.1 Å². The van der Waals surface area contributed by atoms with Gasteiger partial charge >= 0.3 is 6.09 Å². The zero-order valence-electron chi connectivity index (χ0n) is 12.1. The SMILES string of the molecule is CC(C)(C)OC(=O)NCCNC(=O)c1ccc(Br)cc1F. The molecule has 2 amide bonds. The van der Waals surface area contributed by atoms with Crippen LogP contribution < -0.4 is 10.6 Å². The lowest BCUT2D eigenvalue weighted by molar-refractivity contribution is 0.0526. The summed E-state index contributed by atoms with van der Waals surface area (Å²) in [5.74, 6) is -1.15. The molecule has 1 aromatic rings. The lowest BCUT2D eigenvalue weighted by atomic mass is 10.2. The number of rotatable bonds is 4. The van der Waals surface area contributed by atoms with Crippen molar-refractivity contribution >= 4 is 27.9 Å². The molecule has 0 atom stereocenters. The Labute approximate surface area is 131 Å². The van der Waals surface area contributed by atoms with Crippen LogP contribution in [0.5, 0.6) is 0 Å². The molecule has 5 nitrogen and oxygen atoms in total. The van der Waals surface area contributed by atoms with E-state index in [4.69, 9.17) is 4.74 Å². The Bertz CT molecular complexity index is 529. The van der Waals surface area contributed by atoms with Gasteiger partial charge in [0.15, 0.2) is 0 Å². The van der Waals surface area contributed by atoms with Crippen LogP contribution in [-0.4, -0.2) is 30.7 Å². The number of halogens is 2. The fourth-order valence-electron chi connectivity index (χ4n) is 1.42. The van der Waals surface area contributed by atoms with Crippen LogP contribution in [0.4, 0.5) is 9.18 Å². The Kier molecular flexibility index (Phi) is 6.14. The fraction of sp³-hybridized carbons (Fsp3) is 0.429. The third kappa shape index (κ3) is 6.57. The molecule has 0 spiro atoms. The first-order valence-electron chi connectivity index (χ1n) is 6.39. The van der Waals surface area contributed by atoms with Crippen LogP contribution in [0.25, 0.3) is 0 Å². The van der Waals surface area contributed by atoms with Crippen LogP contribution >= 0.6 is 15.9 Å². The van der Waals surface area contributed by atoms with Crippen LogP contribution in [0.15, 0.2) is 22.7 Å². The Morgan fingerprint density at radius 1 is 1.24 bits per heavy atom. The number of alkyl carbamates (subject to hydrolysis) is 1. The number of hydrogen-bond donors (Lipinski definition) is 2. The highest BCUT2D eigenvalue weighted by molar-refractivity contribution is 9.10. The van der Waals surface area contributed by atoms with Crippen molar-refractivity contribution in [3.8, 4) is 0 Å². The summed E-state index contributed by atoms with van der Waals surface area (Å²) < 4.78 is 19.1. The number of carbonyl (C=O) groups excluding carboxylic acids is 2. The first kappa shape index (κ1) is 17.4. The minimum absolute atomic E-state index is 0.0459. The van der Waals surface area contributed by atoms with Gasteiger partial charge in [0, 0.05) is 17.6 Å². The maximum atomic E-state index is 13.5. The Morgan fingerprint density at radius 3 is 2.43 bits per heavy atom. The lowest BCUT2D eigenvalue weighted by Gasteiger charge is -2.19. The van der Waals surface area contributed by atoms with Gasteiger partial charge in [-0.1, -0.05) is 15.9 Å². The van der Waals surface area contributed by atoms with Crippen molar-refractivity contribution in [2.45, 2.75) is 26.4 Å². The number of nitrogens with one attached hydrogen (secondary N) is 2. The third-order valence-corrected chi connectivity index (χ3v) is 2.75. The summed E-state index contributed by atoms with van der Waals surface area (Å²) in [6, 6.07) is 4.18. The van der Waals surface area contributed by atoms with E-state index in [-0.39, 0.29) is 18.7 Å². The van der Waals surface area contributed by atoms with E-state index in [0.717, 1.165) is 0 Å². The summed E-state index contributed by atoms with van der Waals surface area (Å²) in [5, 5.41) is 5.01. The van der Waals surface area contributed by atoms with Gasteiger partial charge in [-0.3, -0.25) is 4.79 Å². The zero-order valence-corrected chi connectivity index (χ0v) is 13.7. The Balaban J connectivity index is 2.36. The summed E-state index contributed by atoms with van der Waals surface area (Å²) in [6.45, 7) is 5.63. The number of amides is 2. The third-order valence-electron chi connectivity index (χ3n) is 2.25. The van der Waals surface area contributed by atoms with Crippen molar-refractivity contribution in [2.24, 2.45) is 0 Å². The number of benzene rings is 1. The van der Waals surface area contributed by atoms with E-state index in [1.807, 2.05) is 0 Å². The van der Waals surface area contributed by atoms with Crippen LogP contribution in [-0.2, 0) is 4.74 Å². The molecule has 21 heavy (non-hydrogen) atoms. The molecule has 0 fully saturated rings. The second-order valence-electron chi connectivity index (χ2n) is 5.31. The smallest absolute Gasteiger partial charge is 0.407 e. The van der Waals surface area contributed by atoms with Gasteiger partial charge in [-0.25, -0.2) is 9.18 Å². The van der Waals surface area contributed by atoms with Crippen LogP contribution in [0.3, 0.4) is 0 Å². The van der Waals surface area contributed by atoms with Crippen LogP contribution in [0.2, 0.25) is 0 Å². The summed E-state index contributed by atoms with van der Waals surface area (Å²) in [4.78, 5) is 23.1. The quantitative estimate of drug-likeness (QED) is 0.811. The minimum Gasteiger partial charge on any atom is -0.444 e. The van der Waals surface area contributed by atoms with Gasteiger partial charge in [-0.15, -0.1) is 0 Å². The summed E-state index contributed by atoms with van der Waals surface area (Å²) in [7, 11) is 0. The highest BCUT2D eigenvalue weighted by atomic mass is 79.9. The lowest BCUT2D eigenvalue weighted by Crippen LogP contribution is -2.38. The monoisotopic (exact) mass is 360 g/mol. The van der Waals surface area contributed by atoms with E-state index in [2.05, 4.69) is 26.6 Å². The molecule has 0 heterocycles. The van der Waals surface area contributed by atoms with Gasteiger partial charge in [0.25, 0.3) is 5.91 Å². The van der Waals surface area contributed by atoms with Gasteiger partial charge in [-0.05, 0) is 39.0 Å². The van der Waals surface area contributed by atoms with Gasteiger partial charge in [0.05, 0.1) is 5.56 Å². The van der Waals surface area contributed by atoms with Gasteiger partial charge < -0.3 is 15.4 Å². The van der Waals surface area contributed by atoms with Gasteiger partial charge in [0.2, 0.25) is 0 Å². The van der Waals surface area contributed by atoms with Crippen molar-refractivity contribution in [3.63, 3.8) is 0 Å². The average Bonchev–Trinajstić information content (AvgIpc) is 2.32. The van der Waals surface area contributed by atoms with Crippen LogP contribution in [0, 0.1) is 5.82 Å². The van der Waals surface area contributed by atoms with E-state index in [1.54, 1.807) is 26.8 Å². The van der Waals surface area contributed by atoms with E-state index in [9.17, 15) is 14.0 Å². The molecule has 0 aromatic heterocycles. The van der Waals surface area contributed by atoms with Gasteiger partial charge in [0.1, 0.15) is 11.4 Å². The topological polar surface area (TPSA) is 67.4 Å². The number of carbonyl (C=O) groups is 2. The second-order valence-corrected chi connectivity index (χ2v) is 6.22. The molecule has 0 unspecified atom stereocenters. The second kappa shape index (κ2) is 7.40. The molecule has 0 aliphatic carbocycles. The highest BCUT2D eigenvalue weighted by Gasteiger charge is 2.16. The van der Waals surface area contributed by atoms with E-state index >= 15 is 0 Å². The van der Waals surface area contributed by atoms with E-state index < -0.39 is 23.4 Å². The van der Waals surface area contributed by atoms with Gasteiger partial charge in [-0.2, -0.15) is 0 Å². The van der Waals surface area contributed by atoms with Crippen molar-refractivity contribution in [2.75, 3.05) is 13.1 Å². The predicted molar refractivity (Wildman–Crippen MR) is 80.7 cm³/mol. The molecule has 1 aromatic carbocycles. The summed E-state index contributed by atoms with van der Waals surface area (Å²) in [6.07, 6.45) is -0.563. The van der Waals surface area contributed by atoms with Crippen molar-refractivity contribution in [3.05, 3.63) is 34.1 Å². The molecule has 0 saturated heterocycles. The van der Waals surface area contributed by atoms with Crippen molar-refractivity contribution < 1.29 is 18.7 Å². The largest absolute Gasteiger partial charge is 0.444 e. The summed E-state index contributed by atoms with van der Waals surface area (Å²) >= 11 is 3.12. The predicted octanol–water partition coefficient (Wildman–Crippen LogP) is 2.84. The molecule has 0 bridgehead atoms. The molecule has 0 radical (unpaired) electrons. The average molecular weight is 361 g/mol. The molecule has 0 aliphatic rings. The minimum atomic E-state index is -0.609. The number of ether oxygens (including phenoxy) is 1. The van der Waals surface area contributed by atoms with Crippen molar-refractivity contribution in [1.29, 1.82) is 0 Å². The molecule has 0 aliphatic heterocycles. The number of hydrogen-bond acceptors (Lipinski definition) is 3. The van der Waals surface area contributed by atoms with Crippen LogP contribution in [0.1, 0.15) is 31.1 Å². The Hall–Kier alpha value is -1.63. The normalized spacial score (nSPS) is 10.9. The molecule has 7 heteroatoms. The Morgan fingerprint density at radius 2 is 1.86 bits per heavy atom.